The van der Waals surface area contributed by atoms with Crippen molar-refractivity contribution in [1.82, 2.24) is 4.90 Å². The van der Waals surface area contributed by atoms with E-state index >= 15 is 0 Å². The zero-order chi connectivity index (χ0) is 9.14. The molecule has 0 aromatic carbocycles. The average Bonchev–Trinajstić information content (AvgIpc) is 2.04. The molecule has 0 aliphatic carbocycles. The Morgan fingerprint density at radius 1 is 1.83 bits per heavy atom. The number of carbonyl (C=O) groups is 1. The molecule has 12 heavy (non-hydrogen) atoms. The predicted octanol–water partition coefficient (Wildman–Crippen LogP) is -0.698. The number of aliphatic imine (C=N–C) groups is 1. The van der Waals surface area contributed by atoms with Crippen molar-refractivity contribution in [3.8, 4) is 0 Å². The molecule has 1 aliphatic rings. The third-order valence-electron chi connectivity index (χ3n) is 1.56. The average molecular weight is 169 g/mol. The summed E-state index contributed by atoms with van der Waals surface area (Å²) in [4.78, 5) is 16.2. The first-order chi connectivity index (χ1) is 5.65. The SMILES string of the molecule is COC1C=NC(C(N)=O)=CN1C. The van der Waals surface area contributed by atoms with E-state index in [1.165, 1.54) is 6.21 Å². The maximum Gasteiger partial charge on any atom is 0.268 e. The van der Waals surface area contributed by atoms with Gasteiger partial charge in [-0.15, -0.1) is 0 Å². The van der Waals surface area contributed by atoms with Crippen molar-refractivity contribution in [2.24, 2.45) is 10.7 Å². The van der Waals surface area contributed by atoms with Crippen LogP contribution in [0.2, 0.25) is 0 Å². The predicted molar refractivity (Wildman–Crippen MR) is 44.3 cm³/mol. The van der Waals surface area contributed by atoms with Gasteiger partial charge in [0.05, 0.1) is 6.21 Å². The van der Waals surface area contributed by atoms with Gasteiger partial charge in [-0.1, -0.05) is 0 Å². The van der Waals surface area contributed by atoms with Gasteiger partial charge in [0.1, 0.15) is 5.70 Å². The lowest BCUT2D eigenvalue weighted by Crippen LogP contribution is -2.34. The number of ether oxygens (including phenoxy) is 1. The largest absolute Gasteiger partial charge is 0.364 e. The smallest absolute Gasteiger partial charge is 0.268 e. The van der Waals surface area contributed by atoms with Crippen LogP contribution in [0.5, 0.6) is 0 Å². The van der Waals surface area contributed by atoms with Crippen molar-refractivity contribution in [3.05, 3.63) is 11.9 Å². The molecular formula is C7H11N3O2. The minimum atomic E-state index is -0.535. The molecule has 0 saturated heterocycles. The molecule has 0 bridgehead atoms. The summed E-state index contributed by atoms with van der Waals surface area (Å²) >= 11 is 0. The second-order valence-corrected chi connectivity index (χ2v) is 2.45. The third kappa shape index (κ3) is 1.62. The van der Waals surface area contributed by atoms with Crippen molar-refractivity contribution in [2.45, 2.75) is 6.23 Å². The maximum absolute atomic E-state index is 10.7. The quantitative estimate of drug-likeness (QED) is 0.594. The molecule has 1 aliphatic heterocycles. The summed E-state index contributed by atoms with van der Waals surface area (Å²) in [6.07, 6.45) is 2.87. The highest BCUT2D eigenvalue weighted by Gasteiger charge is 2.15. The Morgan fingerprint density at radius 3 is 2.92 bits per heavy atom. The standard InChI is InChI=1S/C7H11N3O2/c1-10-4-5(7(8)11)9-3-6(10)12-2/h3-4,6H,1-2H3,(H2,8,11). The van der Waals surface area contributed by atoms with Crippen LogP contribution in [0.4, 0.5) is 0 Å². The van der Waals surface area contributed by atoms with Crippen molar-refractivity contribution in [1.29, 1.82) is 0 Å². The fourth-order valence-electron chi connectivity index (χ4n) is 0.903. The van der Waals surface area contributed by atoms with Crippen LogP contribution in [-0.4, -0.2) is 37.4 Å². The van der Waals surface area contributed by atoms with Crippen molar-refractivity contribution >= 4 is 12.1 Å². The normalized spacial score (nSPS) is 22.3. The highest BCUT2D eigenvalue weighted by Crippen LogP contribution is 2.07. The summed E-state index contributed by atoms with van der Waals surface area (Å²) in [5, 5.41) is 0. The summed E-state index contributed by atoms with van der Waals surface area (Å²) in [5.74, 6) is -0.535. The van der Waals surface area contributed by atoms with Crippen LogP contribution in [0, 0.1) is 0 Å². The van der Waals surface area contributed by atoms with Gasteiger partial charge in [0, 0.05) is 20.4 Å². The number of rotatable bonds is 2. The first-order valence-corrected chi connectivity index (χ1v) is 3.45. The number of carbonyl (C=O) groups excluding carboxylic acids is 1. The topological polar surface area (TPSA) is 67.9 Å². The van der Waals surface area contributed by atoms with E-state index in [1.54, 1.807) is 25.3 Å². The molecule has 2 N–H and O–H groups in total. The third-order valence-corrected chi connectivity index (χ3v) is 1.56. The van der Waals surface area contributed by atoms with E-state index in [0.717, 1.165) is 0 Å². The van der Waals surface area contributed by atoms with Gasteiger partial charge in [-0.05, 0) is 0 Å². The number of amides is 1. The van der Waals surface area contributed by atoms with E-state index in [2.05, 4.69) is 4.99 Å². The van der Waals surface area contributed by atoms with Gasteiger partial charge in [-0.3, -0.25) is 4.79 Å². The maximum atomic E-state index is 10.7. The minimum Gasteiger partial charge on any atom is -0.364 e. The van der Waals surface area contributed by atoms with Crippen LogP contribution in [0.25, 0.3) is 0 Å². The molecule has 0 aromatic rings. The van der Waals surface area contributed by atoms with Gasteiger partial charge in [0.25, 0.3) is 5.91 Å². The molecule has 1 unspecified atom stereocenters. The summed E-state index contributed by atoms with van der Waals surface area (Å²) in [5.41, 5.74) is 5.27. The second kappa shape index (κ2) is 3.36. The van der Waals surface area contributed by atoms with Crippen LogP contribution in [0.1, 0.15) is 0 Å². The highest BCUT2D eigenvalue weighted by atomic mass is 16.5. The molecule has 5 heteroatoms. The molecular weight excluding hydrogens is 158 g/mol. The van der Waals surface area contributed by atoms with Crippen molar-refractivity contribution < 1.29 is 9.53 Å². The summed E-state index contributed by atoms with van der Waals surface area (Å²) < 4.78 is 5.01. The van der Waals surface area contributed by atoms with Gasteiger partial charge >= 0.3 is 0 Å². The second-order valence-electron chi connectivity index (χ2n) is 2.45. The number of hydrogen-bond donors (Lipinski definition) is 1. The van der Waals surface area contributed by atoms with E-state index in [-0.39, 0.29) is 11.9 Å². The van der Waals surface area contributed by atoms with Gasteiger partial charge in [0.15, 0.2) is 6.23 Å². The van der Waals surface area contributed by atoms with Gasteiger partial charge in [-0.2, -0.15) is 0 Å². The number of primary amides is 1. The van der Waals surface area contributed by atoms with E-state index < -0.39 is 5.91 Å². The lowest BCUT2D eigenvalue weighted by molar-refractivity contribution is -0.114. The summed E-state index contributed by atoms with van der Waals surface area (Å²) in [6.45, 7) is 0. The molecule has 1 amide bonds. The first-order valence-electron chi connectivity index (χ1n) is 3.45. The van der Waals surface area contributed by atoms with E-state index in [1.807, 2.05) is 0 Å². The fourth-order valence-corrected chi connectivity index (χ4v) is 0.903. The Hall–Kier alpha value is -1.36. The van der Waals surface area contributed by atoms with Crippen molar-refractivity contribution in [2.75, 3.05) is 14.2 Å². The van der Waals surface area contributed by atoms with Crippen LogP contribution in [0.3, 0.4) is 0 Å². The molecule has 0 saturated carbocycles. The lowest BCUT2D eigenvalue weighted by Gasteiger charge is -2.24. The molecule has 0 fully saturated rings. The first kappa shape index (κ1) is 8.73. The fraction of sp³-hybridized carbons (Fsp3) is 0.429. The monoisotopic (exact) mass is 169 g/mol. The van der Waals surface area contributed by atoms with Crippen LogP contribution < -0.4 is 5.73 Å². The molecule has 1 rings (SSSR count). The Kier molecular flexibility index (Phi) is 2.44. The zero-order valence-electron chi connectivity index (χ0n) is 7.02. The Bertz CT molecular complexity index is 247. The molecule has 0 aromatic heterocycles. The van der Waals surface area contributed by atoms with E-state index in [9.17, 15) is 4.79 Å². The Labute approximate surface area is 70.5 Å². The molecule has 5 nitrogen and oxygen atoms in total. The lowest BCUT2D eigenvalue weighted by atomic mass is 10.3. The number of nitrogens with zero attached hydrogens (tertiary/aromatic N) is 2. The zero-order valence-corrected chi connectivity index (χ0v) is 7.02. The number of hydrogen-bond acceptors (Lipinski definition) is 4. The highest BCUT2D eigenvalue weighted by molar-refractivity contribution is 5.93. The Morgan fingerprint density at radius 2 is 2.50 bits per heavy atom. The summed E-state index contributed by atoms with van der Waals surface area (Å²) in [6, 6.07) is 0. The van der Waals surface area contributed by atoms with Gasteiger partial charge in [-0.25, -0.2) is 4.99 Å². The van der Waals surface area contributed by atoms with Crippen LogP contribution in [0.15, 0.2) is 16.9 Å². The molecule has 66 valence electrons. The van der Waals surface area contributed by atoms with Crippen molar-refractivity contribution in [3.63, 3.8) is 0 Å². The van der Waals surface area contributed by atoms with Gasteiger partial charge < -0.3 is 15.4 Å². The number of methoxy groups -OCH3 is 1. The molecule has 0 spiro atoms. The number of nitrogens with two attached hydrogens (primary N) is 1. The molecule has 1 heterocycles. The van der Waals surface area contributed by atoms with Crippen LogP contribution in [-0.2, 0) is 9.53 Å². The van der Waals surface area contributed by atoms with E-state index in [0.29, 0.717) is 0 Å². The van der Waals surface area contributed by atoms with Gasteiger partial charge in [0.2, 0.25) is 0 Å². The molecule has 0 radical (unpaired) electrons. The minimum absolute atomic E-state index is 0.215. The van der Waals surface area contributed by atoms with Crippen LogP contribution >= 0.6 is 0 Å². The van der Waals surface area contributed by atoms with E-state index in [4.69, 9.17) is 10.5 Å². The molecule has 1 atom stereocenters. The summed E-state index contributed by atoms with van der Waals surface area (Å²) in [7, 11) is 3.35. The Balaban J connectivity index is 2.75.